The molecule has 14 heavy (non-hydrogen) atoms. The van der Waals surface area contributed by atoms with Gasteiger partial charge in [-0.05, 0) is 37.9 Å². The maximum absolute atomic E-state index is 2.60. The molecule has 0 bridgehead atoms. The van der Waals surface area contributed by atoms with Crippen molar-refractivity contribution in [1.82, 2.24) is 4.90 Å². The van der Waals surface area contributed by atoms with Crippen molar-refractivity contribution >= 4 is 0 Å². The Bertz CT molecular complexity index is 268. The van der Waals surface area contributed by atoms with Crippen molar-refractivity contribution in [3.8, 4) is 0 Å². The van der Waals surface area contributed by atoms with Gasteiger partial charge >= 0.3 is 0 Å². The van der Waals surface area contributed by atoms with Gasteiger partial charge in [-0.3, -0.25) is 4.90 Å². The molecule has 2 rings (SSSR count). The van der Waals surface area contributed by atoms with Crippen molar-refractivity contribution < 1.29 is 0 Å². The zero-order valence-corrected chi connectivity index (χ0v) is 8.95. The van der Waals surface area contributed by atoms with Crippen LogP contribution in [0.2, 0.25) is 0 Å². The number of nitrogens with zero attached hydrogens (tertiary/aromatic N) is 1. The summed E-state index contributed by atoms with van der Waals surface area (Å²) in [6.07, 6.45) is 3.90. The first-order valence-corrected chi connectivity index (χ1v) is 5.68. The van der Waals surface area contributed by atoms with Crippen LogP contribution in [0.5, 0.6) is 0 Å². The summed E-state index contributed by atoms with van der Waals surface area (Å²) in [5.41, 5.74) is 1.48. The molecule has 0 spiro atoms. The van der Waals surface area contributed by atoms with Crippen LogP contribution in [-0.4, -0.2) is 24.0 Å². The Morgan fingerprint density at radius 3 is 2.64 bits per heavy atom. The molecule has 0 aliphatic carbocycles. The largest absolute Gasteiger partial charge is 0.300 e. The smallest absolute Gasteiger partial charge is 0.0148 e. The van der Waals surface area contributed by atoms with Crippen LogP contribution in [0.1, 0.15) is 25.3 Å². The molecular weight excluding hydrogens is 170 g/mol. The van der Waals surface area contributed by atoms with E-state index < -0.39 is 0 Å². The van der Waals surface area contributed by atoms with Crippen molar-refractivity contribution in [3.05, 3.63) is 35.9 Å². The lowest BCUT2D eigenvalue weighted by molar-refractivity contribution is 0.0911. The van der Waals surface area contributed by atoms with Crippen LogP contribution in [-0.2, 0) is 6.42 Å². The molecule has 76 valence electrons. The van der Waals surface area contributed by atoms with Gasteiger partial charge in [-0.1, -0.05) is 37.3 Å². The fourth-order valence-electron chi connectivity index (χ4n) is 2.19. The van der Waals surface area contributed by atoms with Crippen LogP contribution in [0.4, 0.5) is 0 Å². The minimum atomic E-state index is 0.817. The zero-order chi connectivity index (χ0) is 9.80. The lowest BCUT2D eigenvalue weighted by atomic mass is 9.95. The Balaban J connectivity index is 1.86. The van der Waals surface area contributed by atoms with Crippen LogP contribution in [0, 0.1) is 0 Å². The van der Waals surface area contributed by atoms with Crippen LogP contribution < -0.4 is 0 Å². The first kappa shape index (κ1) is 9.72. The molecule has 0 radical (unpaired) electrons. The summed E-state index contributed by atoms with van der Waals surface area (Å²) in [5.74, 6) is 0. The Hall–Kier alpha value is -0.820. The molecule has 1 saturated heterocycles. The van der Waals surface area contributed by atoms with Crippen LogP contribution in [0.15, 0.2) is 30.3 Å². The second-order valence-corrected chi connectivity index (χ2v) is 4.17. The predicted octanol–water partition coefficient (Wildman–Crippen LogP) is 2.71. The van der Waals surface area contributed by atoms with Gasteiger partial charge in [-0.15, -0.1) is 0 Å². The summed E-state index contributed by atoms with van der Waals surface area (Å²) >= 11 is 0. The third-order valence-corrected chi connectivity index (χ3v) is 3.09. The number of rotatable bonds is 4. The molecule has 0 amide bonds. The van der Waals surface area contributed by atoms with E-state index in [1.54, 1.807) is 0 Å². The van der Waals surface area contributed by atoms with Crippen molar-refractivity contribution in [2.24, 2.45) is 0 Å². The molecule has 0 saturated carbocycles. The molecule has 1 nitrogen and oxygen atoms in total. The molecule has 1 atom stereocenters. The van der Waals surface area contributed by atoms with E-state index in [1.165, 1.54) is 37.9 Å². The standard InChI is InChI=1S/C13H19N/c1-2-9-14-10-8-13(14)11-12-6-4-3-5-7-12/h3-7,13H,2,8-11H2,1H3. The third-order valence-electron chi connectivity index (χ3n) is 3.09. The normalized spacial score (nSPS) is 21.9. The summed E-state index contributed by atoms with van der Waals surface area (Å²) in [7, 11) is 0. The van der Waals surface area contributed by atoms with Gasteiger partial charge in [0.2, 0.25) is 0 Å². The number of benzene rings is 1. The van der Waals surface area contributed by atoms with Crippen LogP contribution >= 0.6 is 0 Å². The van der Waals surface area contributed by atoms with Gasteiger partial charge in [0.1, 0.15) is 0 Å². The summed E-state index contributed by atoms with van der Waals surface area (Å²) in [6.45, 7) is 4.85. The van der Waals surface area contributed by atoms with E-state index in [1.807, 2.05) is 0 Å². The fraction of sp³-hybridized carbons (Fsp3) is 0.538. The van der Waals surface area contributed by atoms with E-state index in [9.17, 15) is 0 Å². The number of likely N-dealkylation sites (tertiary alicyclic amines) is 1. The Morgan fingerprint density at radius 2 is 2.07 bits per heavy atom. The van der Waals surface area contributed by atoms with Gasteiger partial charge in [0.25, 0.3) is 0 Å². The van der Waals surface area contributed by atoms with Gasteiger partial charge in [-0.2, -0.15) is 0 Å². The molecule has 1 heteroatoms. The van der Waals surface area contributed by atoms with E-state index in [-0.39, 0.29) is 0 Å². The molecule has 1 unspecified atom stereocenters. The highest BCUT2D eigenvalue weighted by molar-refractivity contribution is 5.16. The van der Waals surface area contributed by atoms with E-state index >= 15 is 0 Å². The van der Waals surface area contributed by atoms with E-state index in [0.29, 0.717) is 0 Å². The van der Waals surface area contributed by atoms with Gasteiger partial charge in [0, 0.05) is 6.04 Å². The average molecular weight is 189 g/mol. The number of hydrogen-bond donors (Lipinski definition) is 0. The summed E-state index contributed by atoms with van der Waals surface area (Å²) in [5, 5.41) is 0. The van der Waals surface area contributed by atoms with Gasteiger partial charge in [0.15, 0.2) is 0 Å². The first-order valence-electron chi connectivity index (χ1n) is 5.68. The van der Waals surface area contributed by atoms with Gasteiger partial charge in [-0.25, -0.2) is 0 Å². The quantitative estimate of drug-likeness (QED) is 0.704. The SMILES string of the molecule is CCCN1CCC1Cc1ccccc1. The third kappa shape index (κ3) is 2.16. The minimum Gasteiger partial charge on any atom is -0.300 e. The maximum atomic E-state index is 2.60. The van der Waals surface area contributed by atoms with Crippen molar-refractivity contribution in [2.45, 2.75) is 32.2 Å². The molecule has 1 heterocycles. The average Bonchev–Trinajstić information content (AvgIpc) is 2.23. The van der Waals surface area contributed by atoms with E-state index in [0.717, 1.165) is 6.04 Å². The highest BCUT2D eigenvalue weighted by Crippen LogP contribution is 2.21. The molecule has 1 aliphatic heterocycles. The molecule has 1 aromatic rings. The fourth-order valence-corrected chi connectivity index (χ4v) is 2.19. The monoisotopic (exact) mass is 189 g/mol. The summed E-state index contributed by atoms with van der Waals surface area (Å²) in [6, 6.07) is 11.7. The lowest BCUT2D eigenvalue weighted by Crippen LogP contribution is -2.48. The highest BCUT2D eigenvalue weighted by atomic mass is 15.2. The van der Waals surface area contributed by atoms with E-state index in [2.05, 4.69) is 42.2 Å². The first-order chi connectivity index (χ1) is 6.90. The van der Waals surface area contributed by atoms with Gasteiger partial charge in [0.05, 0.1) is 0 Å². The molecule has 0 N–H and O–H groups in total. The van der Waals surface area contributed by atoms with Crippen molar-refractivity contribution in [1.29, 1.82) is 0 Å². The highest BCUT2D eigenvalue weighted by Gasteiger charge is 2.26. The van der Waals surface area contributed by atoms with Crippen molar-refractivity contribution in [2.75, 3.05) is 13.1 Å². The Kier molecular flexibility index (Phi) is 3.20. The maximum Gasteiger partial charge on any atom is 0.0148 e. The van der Waals surface area contributed by atoms with Crippen LogP contribution in [0.25, 0.3) is 0 Å². The second-order valence-electron chi connectivity index (χ2n) is 4.17. The minimum absolute atomic E-state index is 0.817. The second kappa shape index (κ2) is 4.61. The molecule has 1 aromatic carbocycles. The molecule has 0 aromatic heterocycles. The predicted molar refractivity (Wildman–Crippen MR) is 60.4 cm³/mol. The Morgan fingerprint density at radius 1 is 1.29 bits per heavy atom. The molecular formula is C13H19N. The topological polar surface area (TPSA) is 3.24 Å². The summed E-state index contributed by atoms with van der Waals surface area (Å²) < 4.78 is 0. The Labute approximate surface area is 86.7 Å². The number of hydrogen-bond acceptors (Lipinski definition) is 1. The lowest BCUT2D eigenvalue weighted by Gasteiger charge is -2.41. The zero-order valence-electron chi connectivity index (χ0n) is 8.95. The van der Waals surface area contributed by atoms with E-state index in [4.69, 9.17) is 0 Å². The molecule has 1 fully saturated rings. The summed E-state index contributed by atoms with van der Waals surface area (Å²) in [4.78, 5) is 2.60. The molecule has 1 aliphatic rings. The van der Waals surface area contributed by atoms with Crippen molar-refractivity contribution in [3.63, 3.8) is 0 Å². The van der Waals surface area contributed by atoms with Gasteiger partial charge < -0.3 is 0 Å². The van der Waals surface area contributed by atoms with Crippen LogP contribution in [0.3, 0.4) is 0 Å².